The Hall–Kier alpha value is -3.59. The Morgan fingerprint density at radius 1 is 0.906 bits per heavy atom. The zero-order valence-corrected chi connectivity index (χ0v) is 17.3. The minimum Gasteiger partial charge on any atom is -0.467 e. The predicted octanol–water partition coefficient (Wildman–Crippen LogP) is 3.50. The smallest absolute Gasteiger partial charge is 0.173 e. The molecule has 0 N–H and O–H groups in total. The van der Waals surface area contributed by atoms with Crippen molar-refractivity contribution in [3.63, 3.8) is 0 Å². The SMILES string of the molecule is Fc1ccc(N2CCN([C@@H](c3ccccc3F)c3nnnn3Cc3ccco3)CC2)cc1. The first-order chi connectivity index (χ1) is 15.7. The topological polar surface area (TPSA) is 63.2 Å². The summed E-state index contributed by atoms with van der Waals surface area (Å²) >= 11 is 0. The molecule has 1 aliphatic rings. The second-order valence-electron chi connectivity index (χ2n) is 7.70. The lowest BCUT2D eigenvalue weighted by atomic mass is 10.0. The summed E-state index contributed by atoms with van der Waals surface area (Å²) in [5.74, 6) is 0.718. The average molecular weight is 436 g/mol. The molecule has 32 heavy (non-hydrogen) atoms. The highest BCUT2D eigenvalue weighted by atomic mass is 19.1. The minimum absolute atomic E-state index is 0.254. The lowest BCUT2D eigenvalue weighted by Gasteiger charge is -2.39. The summed E-state index contributed by atoms with van der Waals surface area (Å²) in [5, 5.41) is 12.3. The van der Waals surface area contributed by atoms with Crippen LogP contribution in [0.3, 0.4) is 0 Å². The van der Waals surface area contributed by atoms with Gasteiger partial charge in [-0.25, -0.2) is 13.5 Å². The first-order valence-electron chi connectivity index (χ1n) is 10.5. The standard InChI is InChI=1S/C23H22F2N6O/c24-17-7-9-18(10-8-17)29-11-13-30(14-12-29)22(20-5-1-2-6-21(20)25)23-26-27-28-31(23)16-19-4-3-15-32-19/h1-10,15,22H,11-14,16H2/t22-/m0/s1. The molecule has 1 atom stereocenters. The summed E-state index contributed by atoms with van der Waals surface area (Å²) in [7, 11) is 0. The predicted molar refractivity (Wildman–Crippen MR) is 114 cm³/mol. The number of furan rings is 1. The minimum atomic E-state index is -0.448. The normalized spacial score (nSPS) is 15.8. The molecule has 1 fully saturated rings. The van der Waals surface area contributed by atoms with Crippen LogP contribution in [-0.2, 0) is 6.54 Å². The molecule has 3 heterocycles. The van der Waals surface area contributed by atoms with Crippen LogP contribution in [-0.4, -0.2) is 51.3 Å². The van der Waals surface area contributed by atoms with E-state index in [1.807, 2.05) is 18.2 Å². The van der Waals surface area contributed by atoms with Gasteiger partial charge < -0.3 is 9.32 Å². The third-order valence-electron chi connectivity index (χ3n) is 5.76. The van der Waals surface area contributed by atoms with Crippen molar-refractivity contribution < 1.29 is 13.2 Å². The maximum Gasteiger partial charge on any atom is 0.173 e. The van der Waals surface area contributed by atoms with Gasteiger partial charge in [0.2, 0.25) is 0 Å². The highest BCUT2D eigenvalue weighted by Crippen LogP contribution is 2.31. The monoisotopic (exact) mass is 436 g/mol. The van der Waals surface area contributed by atoms with E-state index in [0.717, 1.165) is 18.8 Å². The van der Waals surface area contributed by atoms with Gasteiger partial charge in [0.15, 0.2) is 5.82 Å². The fourth-order valence-corrected chi connectivity index (χ4v) is 4.16. The summed E-state index contributed by atoms with van der Waals surface area (Å²) in [6.07, 6.45) is 1.60. The molecule has 7 nitrogen and oxygen atoms in total. The zero-order valence-electron chi connectivity index (χ0n) is 17.3. The number of tetrazole rings is 1. The first-order valence-corrected chi connectivity index (χ1v) is 10.5. The maximum atomic E-state index is 14.9. The van der Waals surface area contributed by atoms with Gasteiger partial charge >= 0.3 is 0 Å². The molecule has 1 saturated heterocycles. The molecule has 5 rings (SSSR count). The van der Waals surface area contributed by atoms with Crippen molar-refractivity contribution in [3.8, 4) is 0 Å². The van der Waals surface area contributed by atoms with E-state index in [0.29, 0.717) is 36.8 Å². The molecule has 4 aromatic rings. The van der Waals surface area contributed by atoms with Crippen molar-refractivity contribution in [2.75, 3.05) is 31.1 Å². The molecule has 0 radical (unpaired) electrons. The van der Waals surface area contributed by atoms with E-state index in [9.17, 15) is 8.78 Å². The van der Waals surface area contributed by atoms with Crippen molar-refractivity contribution in [2.45, 2.75) is 12.6 Å². The summed E-state index contributed by atoms with van der Waals surface area (Å²) < 4.78 is 35.3. The van der Waals surface area contributed by atoms with Gasteiger partial charge in [0, 0.05) is 37.4 Å². The number of halogens is 2. The van der Waals surface area contributed by atoms with E-state index in [1.165, 1.54) is 18.2 Å². The van der Waals surface area contributed by atoms with Gasteiger partial charge in [-0.3, -0.25) is 4.90 Å². The van der Waals surface area contributed by atoms with Crippen molar-refractivity contribution in [1.29, 1.82) is 0 Å². The Morgan fingerprint density at radius 3 is 2.41 bits per heavy atom. The number of aromatic nitrogens is 4. The second kappa shape index (κ2) is 8.88. The molecule has 0 bridgehead atoms. The maximum absolute atomic E-state index is 14.9. The highest BCUT2D eigenvalue weighted by molar-refractivity contribution is 5.46. The molecule has 0 spiro atoms. The van der Waals surface area contributed by atoms with Gasteiger partial charge in [0.25, 0.3) is 0 Å². The van der Waals surface area contributed by atoms with Crippen molar-refractivity contribution in [1.82, 2.24) is 25.1 Å². The molecule has 164 valence electrons. The molecule has 0 amide bonds. The van der Waals surface area contributed by atoms with E-state index < -0.39 is 6.04 Å². The Bertz CT molecular complexity index is 1150. The van der Waals surface area contributed by atoms with Crippen LogP contribution < -0.4 is 4.90 Å². The van der Waals surface area contributed by atoms with Crippen LogP contribution in [0.1, 0.15) is 23.2 Å². The third-order valence-corrected chi connectivity index (χ3v) is 5.76. The van der Waals surface area contributed by atoms with E-state index in [-0.39, 0.29) is 11.6 Å². The fourth-order valence-electron chi connectivity index (χ4n) is 4.16. The van der Waals surface area contributed by atoms with E-state index in [1.54, 1.807) is 35.2 Å². The molecule has 2 aromatic carbocycles. The summed E-state index contributed by atoms with van der Waals surface area (Å²) in [5.41, 5.74) is 1.49. The van der Waals surface area contributed by atoms with Crippen LogP contribution in [0.4, 0.5) is 14.5 Å². The highest BCUT2D eigenvalue weighted by Gasteiger charge is 2.32. The number of anilines is 1. The number of piperazine rings is 1. The molecule has 0 saturated carbocycles. The molecular formula is C23H22F2N6O. The van der Waals surface area contributed by atoms with Crippen LogP contribution in [0.15, 0.2) is 71.3 Å². The first kappa shape index (κ1) is 20.3. The molecule has 1 aliphatic heterocycles. The van der Waals surface area contributed by atoms with Crippen LogP contribution in [0.2, 0.25) is 0 Å². The Balaban J connectivity index is 1.43. The lowest BCUT2D eigenvalue weighted by Crippen LogP contribution is -2.48. The number of benzene rings is 2. The Morgan fingerprint density at radius 2 is 1.69 bits per heavy atom. The van der Waals surface area contributed by atoms with E-state index in [2.05, 4.69) is 25.3 Å². The largest absolute Gasteiger partial charge is 0.467 e. The number of nitrogens with zero attached hydrogens (tertiary/aromatic N) is 6. The van der Waals surface area contributed by atoms with Gasteiger partial charge in [0.05, 0.1) is 6.26 Å². The summed E-state index contributed by atoms with van der Waals surface area (Å²) in [6.45, 7) is 3.14. The molecular weight excluding hydrogens is 414 g/mol. The fraction of sp³-hybridized carbons (Fsp3) is 0.261. The zero-order chi connectivity index (χ0) is 21.9. The van der Waals surface area contributed by atoms with Crippen LogP contribution in [0.25, 0.3) is 0 Å². The molecule has 0 unspecified atom stereocenters. The van der Waals surface area contributed by atoms with Gasteiger partial charge in [-0.05, 0) is 52.9 Å². The lowest BCUT2D eigenvalue weighted by molar-refractivity contribution is 0.197. The average Bonchev–Trinajstić information content (AvgIpc) is 3.49. The molecule has 0 aliphatic carbocycles. The summed E-state index contributed by atoms with van der Waals surface area (Å²) in [4.78, 5) is 4.38. The van der Waals surface area contributed by atoms with Gasteiger partial charge in [-0.15, -0.1) is 5.10 Å². The van der Waals surface area contributed by atoms with E-state index in [4.69, 9.17) is 4.42 Å². The molecule has 9 heteroatoms. The van der Waals surface area contributed by atoms with Gasteiger partial charge in [0.1, 0.15) is 30.0 Å². The number of hydrogen-bond donors (Lipinski definition) is 0. The van der Waals surface area contributed by atoms with Crippen LogP contribution in [0, 0.1) is 11.6 Å². The Labute approximate surface area is 183 Å². The van der Waals surface area contributed by atoms with Crippen molar-refractivity contribution in [3.05, 3.63) is 95.7 Å². The van der Waals surface area contributed by atoms with Gasteiger partial charge in [-0.2, -0.15) is 0 Å². The second-order valence-corrected chi connectivity index (χ2v) is 7.70. The van der Waals surface area contributed by atoms with Gasteiger partial charge in [-0.1, -0.05) is 18.2 Å². The van der Waals surface area contributed by atoms with Crippen LogP contribution in [0.5, 0.6) is 0 Å². The van der Waals surface area contributed by atoms with Crippen molar-refractivity contribution in [2.24, 2.45) is 0 Å². The summed E-state index contributed by atoms with van der Waals surface area (Å²) in [6, 6.07) is 16.4. The van der Waals surface area contributed by atoms with E-state index >= 15 is 0 Å². The Kier molecular flexibility index (Phi) is 5.64. The number of hydrogen-bond acceptors (Lipinski definition) is 6. The van der Waals surface area contributed by atoms with Crippen LogP contribution >= 0.6 is 0 Å². The quantitative estimate of drug-likeness (QED) is 0.461. The van der Waals surface area contributed by atoms with Crippen molar-refractivity contribution >= 4 is 5.69 Å². The third kappa shape index (κ3) is 4.11. The number of rotatable bonds is 6. The molecule has 2 aromatic heterocycles.